The molecule has 0 bridgehead atoms. The molecule has 0 spiro atoms. The van der Waals surface area contributed by atoms with E-state index in [1.807, 2.05) is 39.0 Å². The molecular formula is C15H18AsNO2S. The Bertz CT molecular complexity index is 603. The molecule has 1 unspecified atom stereocenters. The third-order valence-electron chi connectivity index (χ3n) is 2.49. The standard InChI is InChI=1S/C15H18AsNO2S/c1-15(2,3)19-14(18)17-12-7-6-10(9-11(12)16)13-5-4-8-20-13/h4-9H,16H2,1-3H3,(H,17,18). The summed E-state index contributed by atoms with van der Waals surface area (Å²) in [7, 11) is 0. The van der Waals surface area contributed by atoms with Crippen molar-refractivity contribution in [1.29, 1.82) is 0 Å². The van der Waals surface area contributed by atoms with Crippen LogP contribution in [-0.2, 0) is 4.74 Å². The molecule has 1 aromatic heterocycles. The van der Waals surface area contributed by atoms with Gasteiger partial charge in [0.1, 0.15) is 0 Å². The molecule has 1 heterocycles. The van der Waals surface area contributed by atoms with Crippen LogP contribution in [0.25, 0.3) is 10.4 Å². The Hall–Kier alpha value is -1.25. The summed E-state index contributed by atoms with van der Waals surface area (Å²) < 4.78 is 6.34. The molecule has 2 aromatic rings. The zero-order valence-corrected chi connectivity index (χ0v) is 15.0. The molecule has 3 nitrogen and oxygen atoms in total. The van der Waals surface area contributed by atoms with Crippen LogP contribution in [0.1, 0.15) is 20.8 Å². The first-order valence-electron chi connectivity index (χ1n) is 6.28. The van der Waals surface area contributed by atoms with Gasteiger partial charge in [0.05, 0.1) is 0 Å². The van der Waals surface area contributed by atoms with Crippen LogP contribution in [0.2, 0.25) is 0 Å². The first kappa shape index (κ1) is 15.1. The molecule has 5 heteroatoms. The summed E-state index contributed by atoms with van der Waals surface area (Å²) in [5, 5.41) is 4.86. The number of rotatable bonds is 2. The number of carbonyl (C=O) groups is 1. The molecule has 1 N–H and O–H groups in total. The fraction of sp³-hybridized carbons (Fsp3) is 0.267. The monoisotopic (exact) mass is 351 g/mol. The third kappa shape index (κ3) is 4.12. The van der Waals surface area contributed by atoms with Crippen LogP contribution in [-0.4, -0.2) is 28.5 Å². The second-order valence-corrected chi connectivity index (χ2v) is 7.66. The molecule has 0 saturated carbocycles. The number of hydrogen-bond acceptors (Lipinski definition) is 3. The average molecular weight is 351 g/mol. The van der Waals surface area contributed by atoms with E-state index in [-0.39, 0.29) is 0 Å². The van der Waals surface area contributed by atoms with Gasteiger partial charge >= 0.3 is 132 Å². The molecule has 1 atom stereocenters. The number of amides is 1. The van der Waals surface area contributed by atoms with Gasteiger partial charge in [0.25, 0.3) is 0 Å². The van der Waals surface area contributed by atoms with Gasteiger partial charge in [0.15, 0.2) is 0 Å². The van der Waals surface area contributed by atoms with Crippen LogP contribution >= 0.6 is 11.3 Å². The number of ether oxygens (including phenoxy) is 1. The van der Waals surface area contributed by atoms with Crippen molar-refractivity contribution < 1.29 is 9.53 Å². The second kappa shape index (κ2) is 6.02. The molecule has 0 saturated heterocycles. The van der Waals surface area contributed by atoms with E-state index in [1.54, 1.807) is 11.3 Å². The van der Waals surface area contributed by atoms with Gasteiger partial charge in [0, 0.05) is 0 Å². The number of nitrogens with one attached hydrogen (secondary N) is 1. The van der Waals surface area contributed by atoms with Crippen molar-refractivity contribution >= 4 is 44.3 Å². The molecule has 20 heavy (non-hydrogen) atoms. The van der Waals surface area contributed by atoms with Crippen LogP contribution in [0.15, 0.2) is 35.7 Å². The molecule has 0 aliphatic rings. The first-order valence-corrected chi connectivity index (χ1v) is 8.38. The SMILES string of the molecule is CC(C)(C)OC(=O)Nc1ccc(-c2cccs2)cc1[AsH2]. The van der Waals surface area contributed by atoms with Crippen LogP contribution in [0, 0.1) is 0 Å². The molecule has 106 valence electrons. The van der Waals surface area contributed by atoms with Crippen molar-refractivity contribution in [2.24, 2.45) is 0 Å². The Morgan fingerprint density at radius 2 is 2.05 bits per heavy atom. The molecule has 0 radical (unpaired) electrons. The molecule has 0 aliphatic heterocycles. The Balaban J connectivity index is 2.13. The Kier molecular flexibility index (Phi) is 4.56. The van der Waals surface area contributed by atoms with E-state index in [0.29, 0.717) is 0 Å². The predicted molar refractivity (Wildman–Crippen MR) is 87.8 cm³/mol. The predicted octanol–water partition coefficient (Wildman–Crippen LogP) is 3.02. The molecule has 0 fully saturated rings. The second-order valence-electron chi connectivity index (χ2n) is 5.41. The van der Waals surface area contributed by atoms with Gasteiger partial charge in [-0.15, -0.1) is 0 Å². The van der Waals surface area contributed by atoms with Crippen LogP contribution in [0.3, 0.4) is 0 Å². The van der Waals surface area contributed by atoms with Crippen molar-refractivity contribution in [2.45, 2.75) is 26.4 Å². The zero-order valence-electron chi connectivity index (χ0n) is 11.8. The maximum atomic E-state index is 11.8. The summed E-state index contributed by atoms with van der Waals surface area (Å²) in [4.78, 5) is 13.0. The van der Waals surface area contributed by atoms with Gasteiger partial charge in [-0.25, -0.2) is 0 Å². The van der Waals surface area contributed by atoms with Crippen molar-refractivity contribution in [1.82, 2.24) is 0 Å². The van der Waals surface area contributed by atoms with Gasteiger partial charge in [-0.05, 0) is 0 Å². The number of hydrogen-bond donors (Lipinski definition) is 1. The normalized spacial score (nSPS) is 11.2. The average Bonchev–Trinajstić information content (AvgIpc) is 2.82. The number of thiophene rings is 1. The molecule has 1 aromatic carbocycles. The van der Waals surface area contributed by atoms with Gasteiger partial charge in [-0.3, -0.25) is 0 Å². The van der Waals surface area contributed by atoms with Gasteiger partial charge in [-0.1, -0.05) is 0 Å². The third-order valence-corrected chi connectivity index (χ3v) is 4.41. The van der Waals surface area contributed by atoms with Crippen LogP contribution < -0.4 is 9.67 Å². The van der Waals surface area contributed by atoms with Crippen molar-refractivity contribution in [3.8, 4) is 10.4 Å². The summed E-state index contributed by atoms with van der Waals surface area (Å²) in [6.07, 6.45) is -0.416. The fourth-order valence-electron chi connectivity index (χ4n) is 1.69. The number of benzene rings is 1. The van der Waals surface area contributed by atoms with E-state index < -0.39 is 11.7 Å². The zero-order chi connectivity index (χ0) is 14.8. The molecule has 0 aliphatic carbocycles. The Morgan fingerprint density at radius 3 is 2.60 bits per heavy atom. The molecule has 2 rings (SSSR count). The van der Waals surface area contributed by atoms with E-state index in [2.05, 4.69) is 22.8 Å². The summed E-state index contributed by atoms with van der Waals surface area (Å²) in [5.41, 5.74) is 1.49. The van der Waals surface area contributed by atoms with Gasteiger partial charge in [-0.2, -0.15) is 0 Å². The van der Waals surface area contributed by atoms with E-state index in [0.717, 1.165) is 10.0 Å². The number of carbonyl (C=O) groups excluding carboxylic acids is 1. The Labute approximate surface area is 131 Å². The van der Waals surface area contributed by atoms with E-state index in [4.69, 9.17) is 4.74 Å². The van der Waals surface area contributed by atoms with Crippen LogP contribution in [0.4, 0.5) is 10.5 Å². The minimum absolute atomic E-state index is 0.416. The molecule has 1 amide bonds. The van der Waals surface area contributed by atoms with E-state index in [9.17, 15) is 4.79 Å². The summed E-state index contributed by atoms with van der Waals surface area (Å²) in [6, 6.07) is 10.2. The van der Waals surface area contributed by atoms with Crippen LogP contribution in [0.5, 0.6) is 0 Å². The van der Waals surface area contributed by atoms with Crippen molar-refractivity contribution in [2.75, 3.05) is 5.32 Å². The topological polar surface area (TPSA) is 38.3 Å². The maximum absolute atomic E-state index is 11.8. The van der Waals surface area contributed by atoms with E-state index in [1.165, 1.54) is 27.3 Å². The fourth-order valence-corrected chi connectivity index (χ4v) is 3.14. The van der Waals surface area contributed by atoms with Crippen molar-refractivity contribution in [3.05, 3.63) is 35.7 Å². The van der Waals surface area contributed by atoms with Gasteiger partial charge < -0.3 is 0 Å². The van der Waals surface area contributed by atoms with Gasteiger partial charge in [0.2, 0.25) is 0 Å². The quantitative estimate of drug-likeness (QED) is 0.845. The molecular weight excluding hydrogens is 333 g/mol. The van der Waals surface area contributed by atoms with E-state index >= 15 is 0 Å². The summed E-state index contributed by atoms with van der Waals surface area (Å²) in [6.45, 7) is 5.55. The Morgan fingerprint density at radius 1 is 1.30 bits per heavy atom. The number of anilines is 1. The summed E-state index contributed by atoms with van der Waals surface area (Å²) in [5.74, 6) is 0. The first-order chi connectivity index (χ1) is 9.35. The summed E-state index contributed by atoms with van der Waals surface area (Å²) >= 11 is 3.18. The van der Waals surface area contributed by atoms with Crippen molar-refractivity contribution in [3.63, 3.8) is 0 Å². The minimum atomic E-state index is -0.486.